The molecule has 2 rings (SSSR count). The number of amides is 1. The van der Waals surface area contributed by atoms with Gasteiger partial charge in [0, 0.05) is 0 Å². The van der Waals surface area contributed by atoms with Crippen LogP contribution in [0.25, 0.3) is 0 Å². The van der Waals surface area contributed by atoms with Crippen LogP contribution in [0.5, 0.6) is 5.75 Å². The molecule has 102 valence electrons. The number of rotatable bonds is 4. The fourth-order valence-corrected chi connectivity index (χ4v) is 1.72. The van der Waals surface area contributed by atoms with E-state index in [1.165, 1.54) is 18.0 Å². The second-order valence-electron chi connectivity index (χ2n) is 4.15. The van der Waals surface area contributed by atoms with E-state index < -0.39 is 0 Å². The van der Waals surface area contributed by atoms with Crippen molar-refractivity contribution in [2.75, 3.05) is 12.4 Å². The van der Waals surface area contributed by atoms with E-state index in [1.807, 2.05) is 25.1 Å². The molecule has 1 N–H and O–H groups in total. The van der Waals surface area contributed by atoms with Crippen molar-refractivity contribution < 1.29 is 9.53 Å². The maximum atomic E-state index is 12.0. The first-order valence-electron chi connectivity index (χ1n) is 5.86. The summed E-state index contributed by atoms with van der Waals surface area (Å²) < 4.78 is 6.56. The summed E-state index contributed by atoms with van der Waals surface area (Å²) in [5.41, 5.74) is 1.59. The molecule has 0 radical (unpaired) electrons. The first-order valence-corrected chi connectivity index (χ1v) is 5.86. The van der Waals surface area contributed by atoms with E-state index in [1.54, 1.807) is 6.07 Å². The van der Waals surface area contributed by atoms with Crippen molar-refractivity contribution in [1.82, 2.24) is 14.8 Å². The highest BCUT2D eigenvalue weighted by molar-refractivity contribution is 5.92. The van der Waals surface area contributed by atoms with Crippen molar-refractivity contribution in [2.45, 2.75) is 13.5 Å². The topological polar surface area (TPSA) is 92.8 Å². The lowest BCUT2D eigenvalue weighted by molar-refractivity contribution is -0.116. The molecule has 0 saturated carbocycles. The zero-order valence-corrected chi connectivity index (χ0v) is 11.1. The lowest BCUT2D eigenvalue weighted by atomic mass is 10.2. The highest BCUT2D eigenvalue weighted by Crippen LogP contribution is 2.25. The number of nitrogens with zero attached hydrogens (tertiary/aromatic N) is 4. The molecule has 1 aromatic carbocycles. The molecule has 2 aromatic rings. The second-order valence-corrected chi connectivity index (χ2v) is 4.15. The molecule has 0 saturated heterocycles. The quantitative estimate of drug-likeness (QED) is 0.899. The summed E-state index contributed by atoms with van der Waals surface area (Å²) in [7, 11) is 1.54. The van der Waals surface area contributed by atoms with E-state index >= 15 is 0 Å². The average Bonchev–Trinajstić information content (AvgIpc) is 2.86. The normalized spacial score (nSPS) is 9.85. The van der Waals surface area contributed by atoms with Crippen LogP contribution in [0, 0.1) is 18.3 Å². The van der Waals surface area contributed by atoms with Crippen LogP contribution in [0.1, 0.15) is 11.4 Å². The van der Waals surface area contributed by atoms with E-state index in [4.69, 9.17) is 10.00 Å². The van der Waals surface area contributed by atoms with Crippen LogP contribution in [0.2, 0.25) is 0 Å². The number of benzene rings is 1. The number of methoxy groups -OCH3 is 1. The molecule has 0 aliphatic carbocycles. The molecule has 0 aliphatic rings. The summed E-state index contributed by atoms with van der Waals surface area (Å²) in [6.07, 6.45) is 1.34. The molecule has 1 amide bonds. The summed E-state index contributed by atoms with van der Waals surface area (Å²) in [5.74, 6) is 0.384. The molecule has 0 fully saturated rings. The van der Waals surface area contributed by atoms with Crippen LogP contribution < -0.4 is 10.1 Å². The van der Waals surface area contributed by atoms with Crippen LogP contribution >= 0.6 is 0 Å². The van der Waals surface area contributed by atoms with E-state index in [0.29, 0.717) is 11.4 Å². The summed E-state index contributed by atoms with van der Waals surface area (Å²) in [6.45, 7) is 1.88. The molecular weight excluding hydrogens is 258 g/mol. The van der Waals surface area contributed by atoms with Gasteiger partial charge in [0.2, 0.25) is 11.7 Å². The first kappa shape index (κ1) is 13.5. The minimum atomic E-state index is -0.287. The van der Waals surface area contributed by atoms with Gasteiger partial charge in [-0.25, -0.2) is 0 Å². The SMILES string of the molecule is COc1ccc(C)cc1NC(=O)Cn1cnnc1C#N. The molecule has 0 atom stereocenters. The summed E-state index contributed by atoms with van der Waals surface area (Å²) in [4.78, 5) is 12.0. The summed E-state index contributed by atoms with van der Waals surface area (Å²) >= 11 is 0. The third-order valence-electron chi connectivity index (χ3n) is 2.66. The van der Waals surface area contributed by atoms with Gasteiger partial charge in [-0.2, -0.15) is 5.26 Å². The maximum absolute atomic E-state index is 12.0. The Balaban J connectivity index is 2.13. The van der Waals surface area contributed by atoms with Crippen LogP contribution in [0.3, 0.4) is 0 Å². The van der Waals surface area contributed by atoms with Crippen LogP contribution in [0.4, 0.5) is 5.69 Å². The number of carbonyl (C=O) groups excluding carboxylic acids is 1. The second kappa shape index (κ2) is 5.84. The van der Waals surface area contributed by atoms with Gasteiger partial charge in [0.1, 0.15) is 24.7 Å². The smallest absolute Gasteiger partial charge is 0.244 e. The third kappa shape index (κ3) is 2.92. The Kier molecular flexibility index (Phi) is 3.96. The Morgan fingerprint density at radius 2 is 2.35 bits per heavy atom. The van der Waals surface area contributed by atoms with Crippen LogP contribution in [-0.4, -0.2) is 27.8 Å². The van der Waals surface area contributed by atoms with Crippen molar-refractivity contribution in [1.29, 1.82) is 5.26 Å². The van der Waals surface area contributed by atoms with Crippen molar-refractivity contribution in [3.05, 3.63) is 35.9 Å². The Hall–Kier alpha value is -2.88. The minimum Gasteiger partial charge on any atom is -0.495 e. The number of aromatic nitrogens is 3. The number of anilines is 1. The Bertz CT molecular complexity index is 672. The predicted molar refractivity (Wildman–Crippen MR) is 71.1 cm³/mol. The van der Waals surface area contributed by atoms with E-state index in [-0.39, 0.29) is 18.3 Å². The fourth-order valence-electron chi connectivity index (χ4n) is 1.72. The van der Waals surface area contributed by atoms with Gasteiger partial charge in [0.05, 0.1) is 12.8 Å². The molecule has 1 heterocycles. The lowest BCUT2D eigenvalue weighted by Crippen LogP contribution is -2.19. The monoisotopic (exact) mass is 271 g/mol. The Labute approximate surface area is 115 Å². The van der Waals surface area contributed by atoms with E-state index in [2.05, 4.69) is 15.5 Å². The average molecular weight is 271 g/mol. The fraction of sp³-hybridized carbons (Fsp3) is 0.231. The molecule has 20 heavy (non-hydrogen) atoms. The Morgan fingerprint density at radius 3 is 3.05 bits per heavy atom. The number of hydrogen-bond acceptors (Lipinski definition) is 5. The third-order valence-corrected chi connectivity index (χ3v) is 2.66. The van der Waals surface area contributed by atoms with Gasteiger partial charge < -0.3 is 10.1 Å². The highest BCUT2D eigenvalue weighted by atomic mass is 16.5. The van der Waals surface area contributed by atoms with Gasteiger partial charge in [-0.05, 0) is 24.6 Å². The number of ether oxygens (including phenoxy) is 1. The largest absolute Gasteiger partial charge is 0.495 e. The van der Waals surface area contributed by atoms with E-state index in [9.17, 15) is 4.79 Å². The molecule has 0 aliphatic heterocycles. The van der Waals surface area contributed by atoms with Gasteiger partial charge in [0.15, 0.2) is 0 Å². The molecule has 7 heteroatoms. The number of carbonyl (C=O) groups is 1. The van der Waals surface area contributed by atoms with Crippen molar-refractivity contribution in [3.63, 3.8) is 0 Å². The minimum absolute atomic E-state index is 0.0347. The highest BCUT2D eigenvalue weighted by Gasteiger charge is 2.11. The predicted octanol–water partition coefficient (Wildman–Crippen LogP) is 1.11. The van der Waals surface area contributed by atoms with Crippen molar-refractivity contribution in [3.8, 4) is 11.8 Å². The van der Waals surface area contributed by atoms with Crippen molar-refractivity contribution >= 4 is 11.6 Å². The van der Waals surface area contributed by atoms with Gasteiger partial charge in [-0.1, -0.05) is 6.07 Å². The molecule has 0 spiro atoms. The number of aryl methyl sites for hydroxylation is 1. The van der Waals surface area contributed by atoms with Gasteiger partial charge in [0.25, 0.3) is 0 Å². The molecule has 0 unspecified atom stereocenters. The maximum Gasteiger partial charge on any atom is 0.244 e. The molecular formula is C13H13N5O2. The lowest BCUT2D eigenvalue weighted by Gasteiger charge is -2.11. The molecule has 0 bridgehead atoms. The summed E-state index contributed by atoms with van der Waals surface area (Å²) in [5, 5.41) is 18.7. The molecule has 7 nitrogen and oxygen atoms in total. The summed E-state index contributed by atoms with van der Waals surface area (Å²) in [6, 6.07) is 7.35. The van der Waals surface area contributed by atoms with Crippen molar-refractivity contribution in [2.24, 2.45) is 0 Å². The standard InChI is InChI=1S/C13H13N5O2/c1-9-3-4-11(20-2)10(5-9)16-13(19)7-18-8-15-17-12(18)6-14/h3-5,8H,7H2,1-2H3,(H,16,19). The number of nitrogens with one attached hydrogen (secondary N) is 1. The van der Waals surface area contributed by atoms with E-state index in [0.717, 1.165) is 5.56 Å². The Morgan fingerprint density at radius 1 is 1.55 bits per heavy atom. The van der Waals surface area contributed by atoms with Crippen LogP contribution in [0.15, 0.2) is 24.5 Å². The number of nitriles is 1. The van der Waals surface area contributed by atoms with Gasteiger partial charge in [-0.15, -0.1) is 10.2 Å². The zero-order valence-electron chi connectivity index (χ0n) is 11.1. The van der Waals surface area contributed by atoms with Gasteiger partial charge in [-0.3, -0.25) is 9.36 Å². The van der Waals surface area contributed by atoms with Crippen LogP contribution in [-0.2, 0) is 11.3 Å². The number of hydrogen-bond donors (Lipinski definition) is 1. The first-order chi connectivity index (χ1) is 9.63. The zero-order chi connectivity index (χ0) is 14.5. The molecule has 1 aromatic heterocycles. The van der Waals surface area contributed by atoms with Gasteiger partial charge >= 0.3 is 0 Å².